The number of carbonyl (C=O) groups is 1. The van der Waals surface area contributed by atoms with Gasteiger partial charge < -0.3 is 20.5 Å². The minimum Gasteiger partial charge on any atom is -0.444 e. The Bertz CT molecular complexity index is 563. The van der Waals surface area contributed by atoms with Gasteiger partial charge in [0.2, 0.25) is 0 Å². The number of aliphatic hydroxyl groups is 1. The van der Waals surface area contributed by atoms with Crippen molar-refractivity contribution in [2.75, 3.05) is 18.4 Å². The number of hydrogen-bond acceptors (Lipinski definition) is 4. The summed E-state index contributed by atoms with van der Waals surface area (Å²) in [6, 6.07) is 7.92. The second-order valence-corrected chi connectivity index (χ2v) is 8.24. The number of benzene rings is 1. The minimum atomic E-state index is -0.610. The van der Waals surface area contributed by atoms with Crippen molar-refractivity contribution in [3.8, 4) is 0 Å². The molecule has 1 saturated carbocycles. The Balaban J connectivity index is 1.76. The summed E-state index contributed by atoms with van der Waals surface area (Å²) in [6.07, 6.45) is 6.07. The molecule has 0 radical (unpaired) electrons. The Labute approximate surface area is 157 Å². The van der Waals surface area contributed by atoms with Crippen LogP contribution >= 0.6 is 0 Å². The second-order valence-electron chi connectivity index (χ2n) is 8.24. The van der Waals surface area contributed by atoms with Gasteiger partial charge in [0.15, 0.2) is 0 Å². The monoisotopic (exact) mass is 362 g/mol. The second kappa shape index (κ2) is 9.81. The summed E-state index contributed by atoms with van der Waals surface area (Å²) >= 11 is 0. The van der Waals surface area contributed by atoms with Crippen LogP contribution in [0.5, 0.6) is 0 Å². The molecule has 0 aromatic heterocycles. The maximum absolute atomic E-state index is 11.6. The lowest BCUT2D eigenvalue weighted by molar-refractivity contribution is 0.0518. The van der Waals surface area contributed by atoms with Crippen LogP contribution in [0.4, 0.5) is 10.5 Å². The van der Waals surface area contributed by atoms with Gasteiger partial charge in [0.1, 0.15) is 5.60 Å². The third-order valence-corrected chi connectivity index (χ3v) is 4.68. The first-order chi connectivity index (χ1) is 12.3. The number of amides is 1. The fourth-order valence-electron chi connectivity index (χ4n) is 3.30. The molecule has 0 saturated heterocycles. The third-order valence-electron chi connectivity index (χ3n) is 4.68. The van der Waals surface area contributed by atoms with E-state index in [0.717, 1.165) is 23.7 Å². The summed E-state index contributed by atoms with van der Waals surface area (Å²) in [5, 5.41) is 16.6. The average molecular weight is 363 g/mol. The molecular weight excluding hydrogens is 328 g/mol. The van der Waals surface area contributed by atoms with E-state index < -0.39 is 17.8 Å². The highest BCUT2D eigenvalue weighted by atomic mass is 16.6. The molecule has 1 aromatic carbocycles. The lowest BCUT2D eigenvalue weighted by atomic mass is 9.89. The molecule has 146 valence electrons. The molecule has 2 rings (SSSR count). The number of anilines is 1. The molecule has 1 atom stereocenters. The smallest absolute Gasteiger partial charge is 0.407 e. The molecule has 0 bridgehead atoms. The fourth-order valence-corrected chi connectivity index (χ4v) is 3.30. The zero-order valence-electron chi connectivity index (χ0n) is 16.4. The van der Waals surface area contributed by atoms with Crippen LogP contribution in [-0.2, 0) is 4.74 Å². The number of hydrogen-bond donors (Lipinski definition) is 3. The van der Waals surface area contributed by atoms with Crippen LogP contribution in [0.1, 0.15) is 71.0 Å². The SMILES string of the molecule is CC(C)(C)OC(=O)NCCC(O)c1cccc(NCC2CCCCC2)c1. The molecule has 0 heterocycles. The van der Waals surface area contributed by atoms with Gasteiger partial charge in [-0.1, -0.05) is 31.4 Å². The molecule has 1 fully saturated rings. The van der Waals surface area contributed by atoms with Crippen molar-refractivity contribution in [3.63, 3.8) is 0 Å². The minimum absolute atomic E-state index is 0.371. The lowest BCUT2D eigenvalue weighted by Gasteiger charge is -2.22. The van der Waals surface area contributed by atoms with Crippen LogP contribution in [0.3, 0.4) is 0 Å². The summed E-state index contributed by atoms with van der Waals surface area (Å²) in [7, 11) is 0. The molecule has 1 aromatic rings. The lowest BCUT2D eigenvalue weighted by Crippen LogP contribution is -2.33. The number of alkyl carbamates (subject to hydrolysis) is 1. The zero-order valence-corrected chi connectivity index (χ0v) is 16.4. The molecule has 0 spiro atoms. The molecule has 1 aliphatic rings. The molecule has 5 nitrogen and oxygen atoms in total. The first-order valence-corrected chi connectivity index (χ1v) is 9.82. The molecule has 5 heteroatoms. The largest absolute Gasteiger partial charge is 0.444 e. The standard InChI is InChI=1S/C21H34N2O3/c1-21(2,3)26-20(25)22-13-12-19(24)17-10-7-11-18(14-17)23-15-16-8-5-4-6-9-16/h7,10-11,14,16,19,23-24H,4-6,8-9,12-13,15H2,1-3H3,(H,22,25). The van der Waals surface area contributed by atoms with Crippen LogP contribution in [0.15, 0.2) is 24.3 Å². The van der Waals surface area contributed by atoms with Crippen molar-refractivity contribution in [1.29, 1.82) is 0 Å². The van der Waals surface area contributed by atoms with E-state index in [4.69, 9.17) is 4.74 Å². The van der Waals surface area contributed by atoms with E-state index in [9.17, 15) is 9.90 Å². The summed E-state index contributed by atoms with van der Waals surface area (Å²) in [5.41, 5.74) is 1.40. The van der Waals surface area contributed by atoms with Crippen LogP contribution in [0.2, 0.25) is 0 Å². The molecular formula is C21H34N2O3. The van der Waals surface area contributed by atoms with E-state index in [0.29, 0.717) is 13.0 Å². The van der Waals surface area contributed by atoms with Crippen LogP contribution in [0.25, 0.3) is 0 Å². The van der Waals surface area contributed by atoms with E-state index >= 15 is 0 Å². The van der Waals surface area contributed by atoms with E-state index in [1.165, 1.54) is 32.1 Å². The van der Waals surface area contributed by atoms with Crippen molar-refractivity contribution in [1.82, 2.24) is 5.32 Å². The van der Waals surface area contributed by atoms with Gasteiger partial charge in [0.05, 0.1) is 6.10 Å². The van der Waals surface area contributed by atoms with E-state index in [1.807, 2.05) is 45.0 Å². The summed E-state index contributed by atoms with van der Waals surface area (Å²) in [5.74, 6) is 0.760. The number of nitrogens with one attached hydrogen (secondary N) is 2. The maximum Gasteiger partial charge on any atom is 0.407 e. The van der Waals surface area contributed by atoms with Gasteiger partial charge in [-0.15, -0.1) is 0 Å². The third kappa shape index (κ3) is 7.65. The quantitative estimate of drug-likeness (QED) is 0.661. The highest BCUT2D eigenvalue weighted by molar-refractivity contribution is 5.67. The van der Waals surface area contributed by atoms with Crippen LogP contribution < -0.4 is 10.6 Å². The molecule has 26 heavy (non-hydrogen) atoms. The Morgan fingerprint density at radius 3 is 2.69 bits per heavy atom. The van der Waals surface area contributed by atoms with E-state index in [2.05, 4.69) is 10.6 Å². The van der Waals surface area contributed by atoms with E-state index in [1.54, 1.807) is 0 Å². The van der Waals surface area contributed by atoms with Crippen molar-refractivity contribution < 1.29 is 14.6 Å². The first-order valence-electron chi connectivity index (χ1n) is 9.82. The normalized spacial score (nSPS) is 16.8. The van der Waals surface area contributed by atoms with Crippen molar-refractivity contribution >= 4 is 11.8 Å². The Kier molecular flexibility index (Phi) is 7.76. The van der Waals surface area contributed by atoms with Gasteiger partial charge in [0.25, 0.3) is 0 Å². The first kappa shape index (κ1) is 20.6. The molecule has 1 amide bonds. The van der Waals surface area contributed by atoms with Gasteiger partial charge in [-0.25, -0.2) is 4.79 Å². The van der Waals surface area contributed by atoms with Gasteiger partial charge in [0, 0.05) is 18.8 Å². The number of ether oxygens (including phenoxy) is 1. The maximum atomic E-state index is 11.6. The van der Waals surface area contributed by atoms with Gasteiger partial charge in [-0.3, -0.25) is 0 Å². The van der Waals surface area contributed by atoms with Crippen molar-refractivity contribution in [3.05, 3.63) is 29.8 Å². The molecule has 1 unspecified atom stereocenters. The number of carbonyl (C=O) groups excluding carboxylic acids is 1. The average Bonchev–Trinajstić information content (AvgIpc) is 2.59. The zero-order chi connectivity index (χ0) is 19.0. The summed E-state index contributed by atoms with van der Waals surface area (Å²) in [4.78, 5) is 11.6. The van der Waals surface area contributed by atoms with Gasteiger partial charge >= 0.3 is 6.09 Å². The van der Waals surface area contributed by atoms with Crippen LogP contribution in [0, 0.1) is 5.92 Å². The van der Waals surface area contributed by atoms with Crippen LogP contribution in [-0.4, -0.2) is 29.9 Å². The summed E-state index contributed by atoms with van der Waals surface area (Å²) in [6.45, 7) is 6.85. The Morgan fingerprint density at radius 1 is 1.27 bits per heavy atom. The topological polar surface area (TPSA) is 70.6 Å². The van der Waals surface area contributed by atoms with E-state index in [-0.39, 0.29) is 0 Å². The number of rotatable bonds is 7. The van der Waals surface area contributed by atoms with Crippen molar-refractivity contribution in [2.45, 2.75) is 71.0 Å². The highest BCUT2D eigenvalue weighted by Gasteiger charge is 2.17. The van der Waals surface area contributed by atoms with Gasteiger partial charge in [-0.05, 0) is 63.6 Å². The van der Waals surface area contributed by atoms with Gasteiger partial charge in [-0.2, -0.15) is 0 Å². The highest BCUT2D eigenvalue weighted by Crippen LogP contribution is 2.25. The fraction of sp³-hybridized carbons (Fsp3) is 0.667. The van der Waals surface area contributed by atoms with Crippen molar-refractivity contribution in [2.24, 2.45) is 5.92 Å². The number of aliphatic hydroxyl groups excluding tert-OH is 1. The molecule has 0 aliphatic heterocycles. The molecule has 1 aliphatic carbocycles. The predicted octanol–water partition coefficient (Wildman–Crippen LogP) is 4.63. The summed E-state index contributed by atoms with van der Waals surface area (Å²) < 4.78 is 5.19. The Morgan fingerprint density at radius 2 is 2.00 bits per heavy atom. The Hall–Kier alpha value is -1.75. The molecule has 3 N–H and O–H groups in total. The predicted molar refractivity (Wildman–Crippen MR) is 105 cm³/mol.